The lowest BCUT2D eigenvalue weighted by atomic mass is 9.98. The zero-order chi connectivity index (χ0) is 13.1. The van der Waals surface area contributed by atoms with E-state index in [2.05, 4.69) is 0 Å². The van der Waals surface area contributed by atoms with E-state index in [-0.39, 0.29) is 0 Å². The number of aliphatic carboxylic acids is 1. The van der Waals surface area contributed by atoms with Crippen LogP contribution in [0.5, 0.6) is 0 Å². The van der Waals surface area contributed by atoms with Gasteiger partial charge in [0.2, 0.25) is 0 Å². The number of carbonyl (C=O) groups is 1. The maximum absolute atomic E-state index is 10.9. The Balaban J connectivity index is 2.34. The van der Waals surface area contributed by atoms with Gasteiger partial charge in [0.1, 0.15) is 0 Å². The molecular weight excluding hydrogens is 248 g/mol. The Labute approximate surface area is 111 Å². The lowest BCUT2D eigenvalue weighted by Gasteiger charge is -2.08. The quantitative estimate of drug-likeness (QED) is 0.898. The largest absolute Gasteiger partial charge is 0.481 e. The van der Waals surface area contributed by atoms with Gasteiger partial charge in [0.15, 0.2) is 0 Å². The molecule has 1 atom stereocenters. The van der Waals surface area contributed by atoms with Gasteiger partial charge in [-0.2, -0.15) is 0 Å². The van der Waals surface area contributed by atoms with Gasteiger partial charge in [0.05, 0.1) is 5.92 Å². The van der Waals surface area contributed by atoms with Crippen LogP contribution in [0.4, 0.5) is 0 Å². The molecule has 0 amide bonds. The maximum atomic E-state index is 10.9. The third kappa shape index (κ3) is 2.54. The second kappa shape index (κ2) is 5.23. The molecule has 2 aromatic rings. The van der Waals surface area contributed by atoms with Gasteiger partial charge in [0, 0.05) is 10.6 Å². The molecule has 1 unspecified atom stereocenters. The van der Waals surface area contributed by atoms with Crippen LogP contribution < -0.4 is 0 Å². The van der Waals surface area contributed by atoms with Crippen molar-refractivity contribution in [2.24, 2.45) is 0 Å². The summed E-state index contributed by atoms with van der Waals surface area (Å²) in [6.07, 6.45) is 0. The average Bonchev–Trinajstić information content (AvgIpc) is 2.38. The van der Waals surface area contributed by atoms with Crippen LogP contribution in [0, 0.1) is 0 Å². The minimum atomic E-state index is -0.819. The molecule has 0 aliphatic rings. The first-order valence-electron chi connectivity index (χ1n) is 5.67. The lowest BCUT2D eigenvalue weighted by Crippen LogP contribution is -2.06. The minimum absolute atomic E-state index is 0.495. The van der Waals surface area contributed by atoms with Gasteiger partial charge in [0.25, 0.3) is 0 Å². The van der Waals surface area contributed by atoms with Crippen LogP contribution in [0.2, 0.25) is 5.02 Å². The highest BCUT2D eigenvalue weighted by atomic mass is 35.5. The number of hydrogen-bond acceptors (Lipinski definition) is 1. The van der Waals surface area contributed by atoms with Crippen LogP contribution in [0.25, 0.3) is 11.1 Å². The Bertz CT molecular complexity index is 561. The van der Waals surface area contributed by atoms with Gasteiger partial charge in [-0.15, -0.1) is 0 Å². The number of halogens is 1. The van der Waals surface area contributed by atoms with E-state index < -0.39 is 11.9 Å². The molecule has 3 heteroatoms. The maximum Gasteiger partial charge on any atom is 0.310 e. The van der Waals surface area contributed by atoms with E-state index in [9.17, 15) is 4.79 Å². The van der Waals surface area contributed by atoms with Gasteiger partial charge in [-0.25, -0.2) is 0 Å². The minimum Gasteiger partial charge on any atom is -0.481 e. The van der Waals surface area contributed by atoms with Crippen molar-refractivity contribution in [3.8, 4) is 11.1 Å². The Morgan fingerprint density at radius 3 is 2.28 bits per heavy atom. The molecule has 0 heterocycles. The molecule has 2 rings (SSSR count). The number of hydrogen-bond donors (Lipinski definition) is 1. The molecular formula is C15H13ClO2. The van der Waals surface area contributed by atoms with Crippen molar-refractivity contribution in [1.29, 1.82) is 0 Å². The van der Waals surface area contributed by atoms with Gasteiger partial charge in [-0.05, 0) is 24.1 Å². The van der Waals surface area contributed by atoms with Crippen molar-refractivity contribution in [3.05, 3.63) is 59.1 Å². The van der Waals surface area contributed by atoms with Crippen molar-refractivity contribution in [2.75, 3.05) is 0 Å². The Kier molecular flexibility index (Phi) is 3.68. The third-order valence-electron chi connectivity index (χ3n) is 2.97. The van der Waals surface area contributed by atoms with Crippen LogP contribution in [0.3, 0.4) is 0 Å². The summed E-state index contributed by atoms with van der Waals surface area (Å²) < 4.78 is 0. The predicted octanol–water partition coefficient (Wildman–Crippen LogP) is 4.20. The molecule has 0 saturated carbocycles. The average molecular weight is 261 g/mol. The van der Waals surface area contributed by atoms with Crippen molar-refractivity contribution in [2.45, 2.75) is 12.8 Å². The van der Waals surface area contributed by atoms with E-state index in [1.54, 1.807) is 6.92 Å². The first-order valence-corrected chi connectivity index (χ1v) is 6.05. The molecule has 0 aliphatic carbocycles. The van der Waals surface area contributed by atoms with Gasteiger partial charge < -0.3 is 5.11 Å². The highest BCUT2D eigenvalue weighted by molar-refractivity contribution is 6.33. The van der Waals surface area contributed by atoms with E-state index in [1.165, 1.54) is 0 Å². The lowest BCUT2D eigenvalue weighted by molar-refractivity contribution is -0.138. The van der Waals surface area contributed by atoms with Gasteiger partial charge in [-0.1, -0.05) is 54.1 Å². The van der Waals surface area contributed by atoms with Crippen molar-refractivity contribution in [3.63, 3.8) is 0 Å². The summed E-state index contributed by atoms with van der Waals surface area (Å²) in [4.78, 5) is 10.9. The Hall–Kier alpha value is -1.80. The van der Waals surface area contributed by atoms with Crippen molar-refractivity contribution < 1.29 is 9.90 Å². The molecule has 0 bridgehead atoms. The summed E-state index contributed by atoms with van der Waals surface area (Å²) in [6.45, 7) is 1.67. The van der Waals surface area contributed by atoms with Crippen LogP contribution in [0.1, 0.15) is 18.4 Å². The van der Waals surface area contributed by atoms with E-state index in [0.717, 1.165) is 16.7 Å². The number of rotatable bonds is 3. The van der Waals surface area contributed by atoms with Gasteiger partial charge >= 0.3 is 5.97 Å². The van der Waals surface area contributed by atoms with Crippen LogP contribution >= 0.6 is 11.6 Å². The fraction of sp³-hybridized carbons (Fsp3) is 0.133. The summed E-state index contributed by atoms with van der Waals surface area (Å²) in [6, 6.07) is 15.0. The summed E-state index contributed by atoms with van der Waals surface area (Å²) in [5.74, 6) is -1.31. The fourth-order valence-corrected chi connectivity index (χ4v) is 2.03. The standard InChI is InChI=1S/C15H13ClO2/c1-10(15(17)18)11-6-8-12(9-7-11)13-4-2-3-5-14(13)16/h2-10H,1H3,(H,17,18). The second-order valence-corrected chi connectivity index (χ2v) is 4.57. The molecule has 0 saturated heterocycles. The molecule has 18 heavy (non-hydrogen) atoms. The molecule has 0 radical (unpaired) electrons. The van der Waals surface area contributed by atoms with Crippen molar-refractivity contribution >= 4 is 17.6 Å². The number of carboxylic acids is 1. The fourth-order valence-electron chi connectivity index (χ4n) is 1.79. The predicted molar refractivity (Wildman–Crippen MR) is 72.9 cm³/mol. The van der Waals surface area contributed by atoms with Crippen molar-refractivity contribution in [1.82, 2.24) is 0 Å². The molecule has 92 valence electrons. The first-order chi connectivity index (χ1) is 8.59. The third-order valence-corrected chi connectivity index (χ3v) is 3.30. The van der Waals surface area contributed by atoms with Crippen LogP contribution in [-0.4, -0.2) is 11.1 Å². The monoisotopic (exact) mass is 260 g/mol. The highest BCUT2D eigenvalue weighted by Gasteiger charge is 2.13. The summed E-state index contributed by atoms with van der Waals surface area (Å²) in [7, 11) is 0. The Morgan fingerprint density at radius 2 is 1.72 bits per heavy atom. The normalized spacial score (nSPS) is 12.1. The molecule has 0 spiro atoms. The van der Waals surface area contributed by atoms with Crippen LogP contribution in [-0.2, 0) is 4.79 Å². The van der Waals surface area contributed by atoms with E-state index in [1.807, 2.05) is 48.5 Å². The molecule has 0 aliphatic heterocycles. The topological polar surface area (TPSA) is 37.3 Å². The second-order valence-electron chi connectivity index (χ2n) is 4.16. The molecule has 0 fully saturated rings. The summed E-state index contributed by atoms with van der Waals surface area (Å²) in [5.41, 5.74) is 2.73. The zero-order valence-corrected chi connectivity index (χ0v) is 10.7. The molecule has 2 aromatic carbocycles. The van der Waals surface area contributed by atoms with Gasteiger partial charge in [-0.3, -0.25) is 4.79 Å². The highest BCUT2D eigenvalue weighted by Crippen LogP contribution is 2.28. The first kappa shape index (κ1) is 12.7. The zero-order valence-electron chi connectivity index (χ0n) is 9.93. The van der Waals surface area contributed by atoms with Crippen LogP contribution in [0.15, 0.2) is 48.5 Å². The summed E-state index contributed by atoms with van der Waals surface area (Å²) >= 11 is 6.12. The SMILES string of the molecule is CC(C(=O)O)c1ccc(-c2ccccc2Cl)cc1. The van der Waals surface area contributed by atoms with E-state index in [0.29, 0.717) is 5.02 Å². The molecule has 2 nitrogen and oxygen atoms in total. The molecule has 1 N–H and O–H groups in total. The Morgan fingerprint density at radius 1 is 1.11 bits per heavy atom. The number of benzene rings is 2. The van der Waals surface area contributed by atoms with E-state index in [4.69, 9.17) is 16.7 Å². The van der Waals surface area contributed by atoms with E-state index >= 15 is 0 Å². The number of carboxylic acid groups (broad SMARTS) is 1. The molecule has 0 aromatic heterocycles. The smallest absolute Gasteiger partial charge is 0.310 e. The summed E-state index contributed by atoms with van der Waals surface area (Å²) in [5, 5.41) is 9.64.